The van der Waals surface area contributed by atoms with Gasteiger partial charge in [0.1, 0.15) is 82.5 Å². The number of allylic oxidation sites excluding steroid dienone is 6. The smallest absolute Gasteiger partial charge is 0.346 e. The van der Waals surface area contributed by atoms with Crippen LogP contribution in [0.25, 0.3) is 47.3 Å². The van der Waals surface area contributed by atoms with Crippen molar-refractivity contribution in [2.75, 3.05) is 26.4 Å². The number of ether oxygens (including phenoxy) is 8. The summed E-state index contributed by atoms with van der Waals surface area (Å²) in [6.07, 6.45) is 18.3. The maximum absolute atomic E-state index is 14.1. The molecule has 2 aromatic heterocycles. The number of carboxylic acid groups (broad SMARTS) is 2. The Balaban J connectivity index is 0.795. The van der Waals surface area contributed by atoms with Crippen LogP contribution in [0.4, 0.5) is 0 Å². The van der Waals surface area contributed by atoms with Gasteiger partial charge in [0.2, 0.25) is 0 Å². The van der Waals surface area contributed by atoms with Crippen LogP contribution in [0.2, 0.25) is 0 Å². The number of rotatable bonds is 30. The van der Waals surface area contributed by atoms with Crippen molar-refractivity contribution < 1.29 is 67.3 Å². The fourth-order valence-corrected chi connectivity index (χ4v) is 18.0. The van der Waals surface area contributed by atoms with Crippen molar-refractivity contribution in [2.45, 2.75) is 196 Å². The molecule has 2 N–H and O–H groups in total. The van der Waals surface area contributed by atoms with Crippen LogP contribution in [0.15, 0.2) is 229 Å². The molecule has 0 saturated heterocycles. The molecule has 0 radical (unpaired) electrons. The summed E-state index contributed by atoms with van der Waals surface area (Å²) in [6.45, 7) is 32.1. The fourth-order valence-electron chi connectivity index (χ4n) is 15.8. The molecule has 0 saturated carbocycles. The number of nitriles is 2. The lowest BCUT2D eigenvalue weighted by molar-refractivity contribution is -0.146. The molecule has 16 nitrogen and oxygen atoms in total. The van der Waals surface area contributed by atoms with Crippen molar-refractivity contribution >= 4 is 93.9 Å². The fraction of sp³-hybridized carbons (Fsp3) is 0.304. The van der Waals surface area contributed by atoms with Gasteiger partial charge in [0.15, 0.2) is 0 Å². The maximum Gasteiger partial charge on any atom is 0.346 e. The molecule has 0 unspecified atom stereocenters. The van der Waals surface area contributed by atoms with Crippen molar-refractivity contribution in [1.29, 1.82) is 10.5 Å². The Bertz CT molecular complexity index is 5640. The molecule has 0 spiro atoms. The normalized spacial score (nSPS) is 13.6. The van der Waals surface area contributed by atoms with Gasteiger partial charge in [-0.05, 0) is 200 Å². The number of carbonyl (C=O) groups excluding carboxylic acids is 2. The third-order valence-electron chi connectivity index (χ3n) is 22.8. The van der Waals surface area contributed by atoms with Gasteiger partial charge in [-0.3, -0.25) is 9.59 Å². The molecule has 0 atom stereocenters. The number of nitrogens with zero attached hydrogens (tertiary/aromatic N) is 2. The highest BCUT2D eigenvalue weighted by molar-refractivity contribution is 7.14. The summed E-state index contributed by atoms with van der Waals surface area (Å²) in [6, 6.07) is 64.8. The number of benzene rings is 8. The van der Waals surface area contributed by atoms with Crippen LogP contribution in [0.5, 0.6) is 23.0 Å². The Labute approximate surface area is 772 Å². The minimum atomic E-state index is -1.35. The lowest BCUT2D eigenvalue weighted by atomic mass is 9.79. The number of unbranched alkanes of at least 4 members (excludes halogenated alkanes) is 2. The number of thiophene rings is 2. The maximum atomic E-state index is 14.1. The van der Waals surface area contributed by atoms with E-state index in [0.29, 0.717) is 118 Å². The number of hydrogen-bond acceptors (Lipinski definition) is 16. The average molecular weight is 1780 g/mol. The summed E-state index contributed by atoms with van der Waals surface area (Å²) in [5, 5.41) is 39.5. The predicted octanol–water partition coefficient (Wildman–Crippen LogP) is 26.0. The summed E-state index contributed by atoms with van der Waals surface area (Å²) in [5.41, 5.74) is 16.8. The van der Waals surface area contributed by atoms with Gasteiger partial charge < -0.3 is 48.1 Å². The van der Waals surface area contributed by atoms with Crippen LogP contribution < -0.4 is 18.9 Å². The molecule has 4 heterocycles. The van der Waals surface area contributed by atoms with Crippen LogP contribution in [0.1, 0.15) is 255 Å². The molecule has 18 heteroatoms. The van der Waals surface area contributed by atoms with Gasteiger partial charge in [0.25, 0.3) is 0 Å². The molecule has 2 aliphatic heterocycles. The summed E-state index contributed by atoms with van der Waals surface area (Å²) in [5.74, 6) is 2.11. The molecular weight excluding hydrogens is 1660 g/mol. The Morgan fingerprint density at radius 3 is 0.885 bits per heavy atom. The van der Waals surface area contributed by atoms with E-state index in [0.717, 1.165) is 123 Å². The van der Waals surface area contributed by atoms with Gasteiger partial charge in [-0.2, -0.15) is 10.5 Å². The highest BCUT2D eigenvalue weighted by Gasteiger charge is 2.32. The first-order valence-corrected chi connectivity index (χ1v) is 46.1. The van der Waals surface area contributed by atoms with Gasteiger partial charge in [0, 0.05) is 91.4 Å². The van der Waals surface area contributed by atoms with Gasteiger partial charge in [0.05, 0.1) is 26.4 Å². The van der Waals surface area contributed by atoms with E-state index in [9.17, 15) is 39.9 Å². The zero-order chi connectivity index (χ0) is 92.6. The number of fused-ring (bicyclic) bond motifs is 8. The Morgan fingerprint density at radius 1 is 0.385 bits per heavy atom. The quantitative estimate of drug-likeness (QED) is 0.0184. The zero-order valence-corrected chi connectivity index (χ0v) is 78.4. The van der Waals surface area contributed by atoms with Crippen LogP contribution in [-0.4, -0.2) is 60.5 Å². The van der Waals surface area contributed by atoms with E-state index in [1.54, 1.807) is 24.3 Å². The first kappa shape index (κ1) is 94.4. The highest BCUT2D eigenvalue weighted by atomic mass is 32.1. The van der Waals surface area contributed by atoms with Crippen molar-refractivity contribution in [2.24, 2.45) is 0 Å². The van der Waals surface area contributed by atoms with Gasteiger partial charge in [-0.1, -0.05) is 253 Å². The molecule has 8 bridgehead atoms. The zero-order valence-electron chi connectivity index (χ0n) is 76.8. The third-order valence-corrected chi connectivity index (χ3v) is 25.0. The van der Waals surface area contributed by atoms with E-state index in [2.05, 4.69) is 132 Å². The van der Waals surface area contributed by atoms with E-state index in [-0.39, 0.29) is 60.9 Å². The van der Waals surface area contributed by atoms with Crippen LogP contribution >= 0.6 is 22.7 Å². The molecule has 0 amide bonds. The van der Waals surface area contributed by atoms with Gasteiger partial charge in [-0.15, -0.1) is 22.7 Å². The van der Waals surface area contributed by atoms with Crippen LogP contribution in [0, 0.1) is 22.7 Å². The van der Waals surface area contributed by atoms with Gasteiger partial charge in [-0.25, -0.2) is 9.59 Å². The molecule has 1 aliphatic carbocycles. The lowest BCUT2D eigenvalue weighted by Gasteiger charge is -2.29. The number of esters is 2. The molecule has 130 heavy (non-hydrogen) atoms. The molecule has 668 valence electrons. The molecular formula is C112H114N2O14S2. The summed E-state index contributed by atoms with van der Waals surface area (Å²) in [7, 11) is 0. The van der Waals surface area contributed by atoms with Crippen molar-refractivity contribution in [3.05, 3.63) is 348 Å². The van der Waals surface area contributed by atoms with Crippen LogP contribution in [-0.2, 0) is 98.7 Å². The molecule has 8 aromatic carbocycles. The van der Waals surface area contributed by atoms with E-state index < -0.39 is 35.0 Å². The van der Waals surface area contributed by atoms with E-state index in [1.165, 1.54) is 34.8 Å². The standard InChI is InChI=1S/C112H114N2O14S2/c1-15-121-103-77-51-81-59-91(111(9,10)11)61-83(105(81)123-43-31-29-41-101(115)125-69-87-65-93(63-85(67-113)107(117)118)129-99(87)49-71-45-95(73-33-21-17-22-34-73)127-96(46-71)74-35-23-18-24-36-74)53-79-57-90(110(6,7)8)58-80(104(79)122-16-2)54-84-62-92(112(12,13)14)60-82(52-78(103)56-89(55-77)109(3,4)5)106(84)124-44-32-30-42-102(116)126-70-88-66-94(64-86(68-114)108(119)120)130-100(88)50-72-47-97(75-37-25-19-26-38-75)128-98(48-72)76-39-27-20-28-40-76/h17-28,33-40,45-50,55-66H,15-16,29-32,41-44,51-54,69-70H2,1-14H3,(H,117,118)(H,119,120)/b85-63-,86-64-. The third kappa shape index (κ3) is 24.4. The Morgan fingerprint density at radius 2 is 0.646 bits per heavy atom. The number of aliphatic carboxylic acids is 2. The second kappa shape index (κ2) is 41.9. The monoisotopic (exact) mass is 1770 g/mol. The topological polar surface area (TPSA) is 230 Å². The molecule has 13 rings (SSSR count). The number of carbonyl (C=O) groups is 4. The number of hydrogen-bond donors (Lipinski definition) is 2. The molecule has 0 fully saturated rings. The van der Waals surface area contributed by atoms with Crippen molar-refractivity contribution in [1.82, 2.24) is 0 Å². The average Bonchev–Trinajstić information content (AvgIpc) is 1.23. The second-order valence-corrected chi connectivity index (χ2v) is 39.2. The summed E-state index contributed by atoms with van der Waals surface area (Å²) < 4.78 is 53.9. The van der Waals surface area contributed by atoms with E-state index in [1.807, 2.05) is 172 Å². The Kier molecular flexibility index (Phi) is 30.4. The lowest BCUT2D eigenvalue weighted by Crippen LogP contribution is -2.18. The summed E-state index contributed by atoms with van der Waals surface area (Å²) in [4.78, 5) is 55.0. The second-order valence-electron chi connectivity index (χ2n) is 37.0. The van der Waals surface area contributed by atoms with Gasteiger partial charge >= 0.3 is 23.9 Å². The Hall–Kier alpha value is -13.3. The minimum absolute atomic E-state index is 0.0954. The van der Waals surface area contributed by atoms with Crippen molar-refractivity contribution in [3.63, 3.8) is 0 Å². The first-order chi connectivity index (χ1) is 62.2. The molecule has 3 aliphatic rings. The number of carboxylic acids is 2. The minimum Gasteiger partial charge on any atom is -0.493 e. The first-order valence-electron chi connectivity index (χ1n) is 44.5. The van der Waals surface area contributed by atoms with Crippen molar-refractivity contribution in [3.8, 4) is 35.1 Å². The van der Waals surface area contributed by atoms with E-state index in [4.69, 9.17) is 37.9 Å². The highest BCUT2D eigenvalue weighted by Crippen LogP contribution is 2.47. The predicted molar refractivity (Wildman–Crippen MR) is 519 cm³/mol. The molecule has 10 aromatic rings. The SMILES string of the molecule is CCOc1c2cc(C(C)(C)C)cc1Cc1cc(C(C)(C)C)cc(c1OCCCCC(=O)OCc1cc(/C=C(/C#N)C(=O)O)sc1C=C1C=C(c3ccccc3)OC(c3ccccc3)=C1)Cc1cc(C(C)(C)C)cc(c1OCC)Cc1cc(C(C)(C)C)cc(c1OCCCCC(=O)OCc1cc(/C=C(/C#N)C(=O)O)sc1C=C1C=C(c3ccccc3)OC(c3ccccc3)=C1)C2. The summed E-state index contributed by atoms with van der Waals surface area (Å²) >= 11 is 2.58. The van der Waals surface area contributed by atoms with E-state index >= 15 is 0 Å². The van der Waals surface area contributed by atoms with Crippen LogP contribution in [0.3, 0.4) is 0 Å². The largest absolute Gasteiger partial charge is 0.493 e.